The second-order valence-corrected chi connectivity index (χ2v) is 17.7. The lowest BCUT2D eigenvalue weighted by Crippen LogP contribution is -2.74. The number of alkyl halides is 2. The fourth-order valence-electron chi connectivity index (χ4n) is 11.2. The monoisotopic (exact) mass is 620 g/mol. The zero-order valence-electron chi connectivity index (χ0n) is 27.7. The van der Waals surface area contributed by atoms with Crippen molar-refractivity contribution in [1.82, 2.24) is 0 Å². The number of carbonyl (C=O) groups is 1. The molecular weight excluding hydrogens is 555 g/mol. The van der Waals surface area contributed by atoms with Gasteiger partial charge in [-0.25, -0.2) is 0 Å². The molecule has 0 amide bonds. The summed E-state index contributed by atoms with van der Waals surface area (Å²) in [4.78, 5) is 14.1. The summed E-state index contributed by atoms with van der Waals surface area (Å²) in [5, 5.41) is 0. The summed E-state index contributed by atoms with van der Waals surface area (Å²) in [5.74, 6) is 5.79. The van der Waals surface area contributed by atoms with Crippen LogP contribution in [0.4, 0.5) is 0 Å². The Labute approximate surface area is 270 Å². The van der Waals surface area contributed by atoms with Crippen LogP contribution in [-0.4, -0.2) is 10.1 Å². The highest BCUT2D eigenvalue weighted by molar-refractivity contribution is 6.55. The molecule has 0 aliphatic heterocycles. The maximum atomic E-state index is 14.1. The fourth-order valence-corrected chi connectivity index (χ4v) is 12.3. The summed E-state index contributed by atoms with van der Waals surface area (Å²) in [6.07, 6.45) is 35.6. The predicted octanol–water partition coefficient (Wildman–Crippen LogP) is 13.0. The summed E-state index contributed by atoms with van der Waals surface area (Å²) in [6.45, 7) is 4.62. The topological polar surface area (TPSA) is 17.1 Å². The fraction of sp³-hybridized carbons (Fsp3) is 0.974. The highest BCUT2D eigenvalue weighted by atomic mass is 35.5. The van der Waals surface area contributed by atoms with E-state index in [0.717, 1.165) is 61.2 Å². The quantitative estimate of drug-likeness (QED) is 0.148. The van der Waals surface area contributed by atoms with E-state index < -0.39 is 15.2 Å². The van der Waals surface area contributed by atoms with Gasteiger partial charge in [0, 0.05) is 0 Å². The second-order valence-electron chi connectivity index (χ2n) is 16.4. The van der Waals surface area contributed by atoms with Crippen LogP contribution >= 0.6 is 23.2 Å². The van der Waals surface area contributed by atoms with Gasteiger partial charge in [0.1, 0.15) is 4.33 Å². The Balaban J connectivity index is 1.02. The molecule has 0 saturated heterocycles. The number of unbranched alkanes of at least 4 members (excludes halogenated alkanes) is 7. The van der Waals surface area contributed by atoms with Crippen LogP contribution in [0.3, 0.4) is 0 Å². The Morgan fingerprint density at radius 2 is 0.857 bits per heavy atom. The van der Waals surface area contributed by atoms with Crippen LogP contribution in [0.25, 0.3) is 0 Å². The molecule has 0 atom stereocenters. The molecule has 0 aromatic rings. The van der Waals surface area contributed by atoms with Gasteiger partial charge < -0.3 is 0 Å². The van der Waals surface area contributed by atoms with E-state index in [1.54, 1.807) is 0 Å². The maximum absolute atomic E-state index is 14.1. The molecule has 3 heteroatoms. The van der Waals surface area contributed by atoms with Crippen LogP contribution in [0, 0.1) is 46.3 Å². The Bertz CT molecular complexity index is 817. The number of hydrogen-bond donors (Lipinski definition) is 0. The minimum atomic E-state index is -0.834. The first kappa shape index (κ1) is 33.6. The first-order valence-electron chi connectivity index (χ1n) is 19.3. The van der Waals surface area contributed by atoms with Gasteiger partial charge in [-0.2, -0.15) is 0 Å². The molecule has 1 nitrogen and oxygen atoms in total. The van der Waals surface area contributed by atoms with Gasteiger partial charge in [0.25, 0.3) is 0 Å². The van der Waals surface area contributed by atoms with Crippen molar-refractivity contribution >= 4 is 29.0 Å². The average molecular weight is 622 g/mol. The van der Waals surface area contributed by atoms with Crippen molar-refractivity contribution in [2.45, 2.75) is 192 Å². The normalized spacial score (nSPS) is 40.3. The van der Waals surface area contributed by atoms with Crippen LogP contribution in [0.15, 0.2) is 0 Å². The smallest absolute Gasteiger partial charge is 0.151 e. The first-order valence-corrected chi connectivity index (χ1v) is 20.0. The number of ketones is 1. The van der Waals surface area contributed by atoms with E-state index >= 15 is 0 Å². The van der Waals surface area contributed by atoms with Gasteiger partial charge in [0.05, 0.1) is 10.8 Å². The van der Waals surface area contributed by atoms with Crippen LogP contribution in [-0.2, 0) is 4.79 Å². The van der Waals surface area contributed by atoms with Crippen LogP contribution in [0.5, 0.6) is 0 Å². The summed E-state index contributed by atoms with van der Waals surface area (Å²) < 4.78 is -0.834. The van der Waals surface area contributed by atoms with E-state index in [1.807, 2.05) is 0 Å². The van der Waals surface area contributed by atoms with E-state index in [4.69, 9.17) is 23.2 Å². The zero-order chi connectivity index (χ0) is 29.6. The molecule has 2 spiro atoms. The Morgan fingerprint density at radius 1 is 0.500 bits per heavy atom. The van der Waals surface area contributed by atoms with Gasteiger partial charge in [-0.15, -0.1) is 0 Å². The molecule has 5 aliphatic rings. The van der Waals surface area contributed by atoms with Crippen LogP contribution in [0.1, 0.15) is 187 Å². The van der Waals surface area contributed by atoms with Gasteiger partial charge in [0.15, 0.2) is 5.78 Å². The summed E-state index contributed by atoms with van der Waals surface area (Å²) in [7, 11) is 0. The third kappa shape index (κ3) is 6.83. The average Bonchev–Trinajstić information content (AvgIpc) is 3.03. The second kappa shape index (κ2) is 15.2. The minimum absolute atomic E-state index is 0.439. The van der Waals surface area contributed by atoms with Gasteiger partial charge in [0.2, 0.25) is 0 Å². The number of halogens is 2. The van der Waals surface area contributed by atoms with E-state index in [-0.39, 0.29) is 0 Å². The number of hydrogen-bond acceptors (Lipinski definition) is 1. The molecule has 242 valence electrons. The standard InChI is InChI=1S/C39H66Cl2O/c1-3-5-7-8-9-10-11-13-31-16-20-33(21-17-31)35-24-28-38(29-25-35)36(42)37(39(38,40)41)26-22-34(23-27-37)32-18-14-30(15-19-32)12-6-4-2/h30-35H,3-29H2,1-2H3/t30-,31-,32-,33-,34?,35?,37?,38?. The van der Waals surface area contributed by atoms with Gasteiger partial charge in [-0.3, -0.25) is 4.79 Å². The zero-order valence-corrected chi connectivity index (χ0v) is 29.2. The molecule has 5 aliphatic carbocycles. The molecule has 42 heavy (non-hydrogen) atoms. The lowest BCUT2D eigenvalue weighted by atomic mass is 9.41. The Kier molecular flexibility index (Phi) is 12.2. The van der Waals surface area contributed by atoms with Crippen LogP contribution < -0.4 is 0 Å². The third-order valence-electron chi connectivity index (χ3n) is 14.1. The number of carbonyl (C=O) groups excluding carboxylic acids is 1. The largest absolute Gasteiger partial charge is 0.298 e. The highest BCUT2D eigenvalue weighted by Gasteiger charge is 2.79. The Hall–Kier alpha value is 0.250. The van der Waals surface area contributed by atoms with E-state index in [1.165, 1.54) is 148 Å². The van der Waals surface area contributed by atoms with Crippen molar-refractivity contribution < 1.29 is 4.79 Å². The minimum Gasteiger partial charge on any atom is -0.298 e. The number of Topliss-reactive ketones (excluding diaryl/α,β-unsaturated/α-hetero) is 1. The first-order chi connectivity index (χ1) is 20.4. The van der Waals surface area contributed by atoms with Gasteiger partial charge in [-0.1, -0.05) is 133 Å². The molecule has 0 N–H and O–H groups in total. The van der Waals surface area contributed by atoms with Crippen molar-refractivity contribution in [2.24, 2.45) is 46.3 Å². The molecule has 0 aromatic carbocycles. The molecular formula is C39H66Cl2O. The molecule has 5 fully saturated rings. The van der Waals surface area contributed by atoms with Gasteiger partial charge >= 0.3 is 0 Å². The van der Waals surface area contributed by atoms with Gasteiger partial charge in [-0.05, 0) is 113 Å². The van der Waals surface area contributed by atoms with Crippen molar-refractivity contribution in [3.8, 4) is 0 Å². The van der Waals surface area contributed by atoms with Crippen molar-refractivity contribution in [3.63, 3.8) is 0 Å². The van der Waals surface area contributed by atoms with Crippen molar-refractivity contribution in [3.05, 3.63) is 0 Å². The summed E-state index contributed by atoms with van der Waals surface area (Å²) >= 11 is 14.7. The highest BCUT2D eigenvalue weighted by Crippen LogP contribution is 2.75. The third-order valence-corrected chi connectivity index (χ3v) is 15.6. The molecule has 5 saturated carbocycles. The van der Waals surface area contributed by atoms with E-state index in [9.17, 15) is 4.79 Å². The lowest BCUT2D eigenvalue weighted by Gasteiger charge is -2.67. The van der Waals surface area contributed by atoms with Crippen molar-refractivity contribution in [1.29, 1.82) is 0 Å². The predicted molar refractivity (Wildman–Crippen MR) is 181 cm³/mol. The molecule has 0 unspecified atom stereocenters. The summed E-state index contributed by atoms with van der Waals surface area (Å²) in [5.41, 5.74) is -0.878. The molecule has 0 aromatic heterocycles. The lowest BCUT2D eigenvalue weighted by molar-refractivity contribution is -0.173. The molecule has 0 radical (unpaired) electrons. The summed E-state index contributed by atoms with van der Waals surface area (Å²) in [6, 6.07) is 0. The van der Waals surface area contributed by atoms with Crippen LogP contribution in [0.2, 0.25) is 0 Å². The maximum Gasteiger partial charge on any atom is 0.151 e. The number of rotatable bonds is 13. The van der Waals surface area contributed by atoms with E-state index in [2.05, 4.69) is 13.8 Å². The Morgan fingerprint density at radius 3 is 1.26 bits per heavy atom. The molecule has 0 bridgehead atoms. The van der Waals surface area contributed by atoms with Crippen molar-refractivity contribution in [2.75, 3.05) is 0 Å². The molecule has 0 heterocycles. The SMILES string of the molecule is CCCCCCCCC[C@H]1CC[C@H](C2CCC3(CC2)C(=O)C2(CCC([C@H]4CC[C@H](CCCC)CC4)CC2)C3(Cl)Cl)CC1. The molecule has 5 rings (SSSR count). The van der Waals surface area contributed by atoms with E-state index in [0.29, 0.717) is 5.78 Å².